The molecule has 0 bridgehead atoms. The number of amides is 3. The number of benzene rings is 1. The molecule has 0 spiro atoms. The Kier molecular flexibility index (Phi) is 4.74. The van der Waals surface area contributed by atoms with Crippen molar-refractivity contribution in [3.63, 3.8) is 0 Å². The summed E-state index contributed by atoms with van der Waals surface area (Å²) in [6, 6.07) is 6.64. The van der Waals surface area contributed by atoms with Crippen molar-refractivity contribution in [2.45, 2.75) is 45.4 Å². The number of hydrogen-bond acceptors (Lipinski definition) is 4. The van der Waals surface area contributed by atoms with E-state index in [2.05, 4.69) is 0 Å². The van der Waals surface area contributed by atoms with Crippen LogP contribution in [-0.2, 0) is 4.74 Å². The van der Waals surface area contributed by atoms with Crippen molar-refractivity contribution in [2.75, 3.05) is 19.6 Å². The summed E-state index contributed by atoms with van der Waals surface area (Å²) in [4.78, 5) is 40.0. The van der Waals surface area contributed by atoms with E-state index in [4.69, 9.17) is 4.74 Å². The molecule has 2 unspecified atom stereocenters. The van der Waals surface area contributed by atoms with Gasteiger partial charge in [-0.05, 0) is 52.2 Å². The minimum Gasteiger partial charge on any atom is -0.444 e. The third kappa shape index (κ3) is 4.12. The predicted molar refractivity (Wildman–Crippen MR) is 97.2 cm³/mol. The summed E-state index contributed by atoms with van der Waals surface area (Å²) < 4.78 is 20.2. The predicted octanol–water partition coefficient (Wildman–Crippen LogP) is 3.27. The van der Waals surface area contributed by atoms with Crippen molar-refractivity contribution >= 4 is 17.9 Å². The maximum absolute atomic E-state index is 14.9. The van der Waals surface area contributed by atoms with Crippen molar-refractivity contribution < 1.29 is 23.5 Å². The van der Waals surface area contributed by atoms with E-state index in [-0.39, 0.29) is 43.8 Å². The highest BCUT2D eigenvalue weighted by Gasteiger charge is 2.43. The largest absolute Gasteiger partial charge is 0.444 e. The van der Waals surface area contributed by atoms with E-state index >= 15 is 0 Å². The molecule has 146 valence electrons. The van der Waals surface area contributed by atoms with E-state index in [0.717, 1.165) is 4.90 Å². The maximum Gasteiger partial charge on any atom is 0.410 e. The second kappa shape index (κ2) is 6.62. The number of hydrogen-bond donors (Lipinski definition) is 0. The van der Waals surface area contributed by atoms with Crippen molar-refractivity contribution in [1.82, 2.24) is 9.80 Å². The van der Waals surface area contributed by atoms with Crippen LogP contribution >= 0.6 is 0 Å². The lowest BCUT2D eigenvalue weighted by molar-refractivity contribution is -0.0168. The molecule has 1 saturated heterocycles. The number of carbonyl (C=O) groups is 3. The van der Waals surface area contributed by atoms with Crippen molar-refractivity contribution in [1.29, 1.82) is 0 Å². The first-order valence-corrected chi connectivity index (χ1v) is 9.09. The van der Waals surface area contributed by atoms with Gasteiger partial charge < -0.3 is 9.64 Å². The molecular formula is C20H25FN2O4. The van der Waals surface area contributed by atoms with Gasteiger partial charge in [0.05, 0.1) is 17.7 Å². The van der Waals surface area contributed by atoms with Gasteiger partial charge in [-0.1, -0.05) is 12.1 Å². The molecule has 3 rings (SSSR count). The summed E-state index contributed by atoms with van der Waals surface area (Å²) in [5.41, 5.74) is -1.56. The normalized spacial score (nSPS) is 25.6. The number of halogens is 1. The molecular weight excluding hydrogens is 351 g/mol. The minimum absolute atomic E-state index is 0.0689. The number of imide groups is 1. The number of nitrogens with zero attached hydrogens (tertiary/aromatic N) is 2. The summed E-state index contributed by atoms with van der Waals surface area (Å²) in [7, 11) is 0. The van der Waals surface area contributed by atoms with Crippen LogP contribution in [0.2, 0.25) is 0 Å². The second-order valence-corrected chi connectivity index (χ2v) is 8.61. The van der Waals surface area contributed by atoms with Crippen LogP contribution in [0, 0.1) is 5.92 Å². The van der Waals surface area contributed by atoms with Crippen molar-refractivity contribution in [3.05, 3.63) is 35.4 Å². The highest BCUT2D eigenvalue weighted by atomic mass is 19.1. The van der Waals surface area contributed by atoms with Crippen LogP contribution in [0.3, 0.4) is 0 Å². The number of fused-ring (bicyclic) bond motifs is 1. The molecule has 3 amide bonds. The topological polar surface area (TPSA) is 66.9 Å². The van der Waals surface area contributed by atoms with E-state index in [0.29, 0.717) is 11.1 Å². The molecule has 1 aromatic carbocycles. The Balaban J connectivity index is 1.74. The Bertz CT molecular complexity index is 749. The molecule has 2 aliphatic heterocycles. The zero-order chi connectivity index (χ0) is 20.0. The van der Waals surface area contributed by atoms with Gasteiger partial charge in [-0.3, -0.25) is 14.5 Å². The molecule has 0 aliphatic carbocycles. The van der Waals surface area contributed by atoms with Gasteiger partial charge in [0.15, 0.2) is 0 Å². The van der Waals surface area contributed by atoms with Gasteiger partial charge in [0, 0.05) is 13.1 Å². The third-order valence-electron chi connectivity index (χ3n) is 4.68. The molecule has 1 aromatic rings. The quantitative estimate of drug-likeness (QED) is 0.743. The van der Waals surface area contributed by atoms with Crippen LogP contribution in [-0.4, -0.2) is 58.6 Å². The fourth-order valence-electron chi connectivity index (χ4n) is 3.76. The first-order valence-electron chi connectivity index (χ1n) is 9.09. The van der Waals surface area contributed by atoms with Gasteiger partial charge in [0.2, 0.25) is 0 Å². The van der Waals surface area contributed by atoms with Gasteiger partial charge in [-0.2, -0.15) is 0 Å². The van der Waals surface area contributed by atoms with E-state index in [1.165, 1.54) is 11.8 Å². The first-order chi connectivity index (χ1) is 12.5. The molecule has 7 heteroatoms. The molecule has 1 fully saturated rings. The summed E-state index contributed by atoms with van der Waals surface area (Å²) in [5.74, 6) is -1.10. The van der Waals surface area contributed by atoms with Gasteiger partial charge in [0.1, 0.15) is 11.3 Å². The lowest BCUT2D eigenvalue weighted by Crippen LogP contribution is -2.53. The smallest absolute Gasteiger partial charge is 0.410 e. The zero-order valence-corrected chi connectivity index (χ0v) is 16.1. The van der Waals surface area contributed by atoms with Gasteiger partial charge >= 0.3 is 6.09 Å². The zero-order valence-electron chi connectivity index (χ0n) is 16.1. The maximum atomic E-state index is 14.9. The van der Waals surface area contributed by atoms with E-state index in [9.17, 15) is 18.8 Å². The summed E-state index contributed by atoms with van der Waals surface area (Å²) in [6.07, 6.45) is -0.418. The highest BCUT2D eigenvalue weighted by molar-refractivity contribution is 6.21. The standard InChI is InChI=1S/C20H25FN2O4/c1-19(2,3)27-18(26)22-10-13(9-20(4,21)12-22)11-23-16(24)14-7-5-6-8-15(14)17(23)25/h5-8,13H,9-12H2,1-4H3. The summed E-state index contributed by atoms with van der Waals surface area (Å²) in [6.45, 7) is 6.92. The fraction of sp³-hybridized carbons (Fsp3) is 0.550. The van der Waals surface area contributed by atoms with Crippen LogP contribution in [0.25, 0.3) is 0 Å². The minimum atomic E-state index is -1.61. The SMILES string of the molecule is CC1(F)CC(CN2C(=O)c3ccccc3C2=O)CN(C(=O)OC(C)(C)C)C1. The van der Waals surface area contributed by atoms with Crippen molar-refractivity contribution in [2.24, 2.45) is 5.92 Å². The summed E-state index contributed by atoms with van der Waals surface area (Å²) in [5, 5.41) is 0. The van der Waals surface area contributed by atoms with Crippen molar-refractivity contribution in [3.8, 4) is 0 Å². The van der Waals surface area contributed by atoms with Gasteiger partial charge in [0.25, 0.3) is 11.8 Å². The van der Waals surface area contributed by atoms with E-state index in [1.54, 1.807) is 45.0 Å². The number of likely N-dealkylation sites (tertiary alicyclic amines) is 1. The third-order valence-corrected chi connectivity index (χ3v) is 4.68. The van der Waals surface area contributed by atoms with Crippen LogP contribution in [0.15, 0.2) is 24.3 Å². The Hall–Kier alpha value is -2.44. The Morgan fingerprint density at radius 1 is 1.22 bits per heavy atom. The number of carbonyl (C=O) groups excluding carboxylic acids is 3. The highest BCUT2D eigenvalue weighted by Crippen LogP contribution is 2.32. The molecule has 6 nitrogen and oxygen atoms in total. The molecule has 0 aromatic heterocycles. The molecule has 2 atom stereocenters. The average Bonchev–Trinajstić information content (AvgIpc) is 2.77. The molecule has 0 N–H and O–H groups in total. The Morgan fingerprint density at radius 2 is 1.78 bits per heavy atom. The Morgan fingerprint density at radius 3 is 2.30 bits per heavy atom. The van der Waals surface area contributed by atoms with Crippen LogP contribution < -0.4 is 0 Å². The van der Waals surface area contributed by atoms with E-state index in [1.807, 2.05) is 0 Å². The monoisotopic (exact) mass is 376 g/mol. The number of ether oxygens (including phenoxy) is 1. The fourth-order valence-corrected chi connectivity index (χ4v) is 3.76. The Labute approximate surface area is 158 Å². The van der Waals surface area contributed by atoms with Crippen LogP contribution in [0.5, 0.6) is 0 Å². The van der Waals surface area contributed by atoms with Gasteiger partial charge in [-0.25, -0.2) is 9.18 Å². The number of piperidine rings is 1. The first kappa shape index (κ1) is 19.3. The average molecular weight is 376 g/mol. The second-order valence-electron chi connectivity index (χ2n) is 8.61. The van der Waals surface area contributed by atoms with Crippen LogP contribution in [0.1, 0.15) is 54.8 Å². The molecule has 0 saturated carbocycles. The molecule has 2 aliphatic rings. The molecule has 0 radical (unpaired) electrons. The lowest BCUT2D eigenvalue weighted by Gasteiger charge is -2.41. The van der Waals surface area contributed by atoms with Crippen LogP contribution in [0.4, 0.5) is 9.18 Å². The molecule has 2 heterocycles. The van der Waals surface area contributed by atoms with E-state index < -0.39 is 17.4 Å². The number of alkyl halides is 1. The lowest BCUT2D eigenvalue weighted by atomic mass is 9.88. The molecule has 27 heavy (non-hydrogen) atoms. The number of rotatable bonds is 2. The summed E-state index contributed by atoms with van der Waals surface area (Å²) >= 11 is 0. The van der Waals surface area contributed by atoms with Gasteiger partial charge in [-0.15, -0.1) is 0 Å².